The molecular formula is C33H31N2+. The maximum atomic E-state index is 2.64. The molecule has 0 N–H and O–H groups in total. The van der Waals surface area contributed by atoms with E-state index < -0.39 is 0 Å². The van der Waals surface area contributed by atoms with Crippen LogP contribution >= 0.6 is 0 Å². The summed E-state index contributed by atoms with van der Waals surface area (Å²) >= 11 is 0. The molecule has 3 heterocycles. The molecular weight excluding hydrogens is 424 g/mol. The van der Waals surface area contributed by atoms with Crippen molar-refractivity contribution < 1.29 is 4.57 Å². The summed E-state index contributed by atoms with van der Waals surface area (Å²) in [5.74, 6) is 2.87. The summed E-state index contributed by atoms with van der Waals surface area (Å²) in [6.07, 6.45) is 11.0. The summed E-state index contributed by atoms with van der Waals surface area (Å²) in [5.41, 5.74) is 8.91. The van der Waals surface area contributed by atoms with Gasteiger partial charge in [0.05, 0.1) is 27.3 Å². The first-order valence-electron chi connectivity index (χ1n) is 13.6. The molecule has 4 saturated carbocycles. The molecule has 0 aliphatic heterocycles. The molecule has 0 radical (unpaired) electrons. The summed E-state index contributed by atoms with van der Waals surface area (Å²) < 4.78 is 4.98. The second-order valence-corrected chi connectivity index (χ2v) is 12.4. The second-order valence-electron chi connectivity index (χ2n) is 12.4. The third kappa shape index (κ3) is 2.25. The van der Waals surface area contributed by atoms with Gasteiger partial charge < -0.3 is 4.40 Å². The average molecular weight is 456 g/mol. The summed E-state index contributed by atoms with van der Waals surface area (Å²) in [6.45, 7) is 2.28. The standard InChI is InChI=1S/C33H31N2/c1-19-7-8-26-25-5-3-4-6-27(25)35-28-15-24(33-16-20-11-21(17-33)13-22(12-20)18-33)14-23-9-10-34(2)32(30(23)28)29(19)31(26)35/h3-10,14-15,20-22H,11-13,16-18H2,1-2H3/q+1. The molecule has 3 aromatic heterocycles. The van der Waals surface area contributed by atoms with Crippen LogP contribution in [0.2, 0.25) is 0 Å². The highest BCUT2D eigenvalue weighted by Crippen LogP contribution is 2.61. The lowest BCUT2D eigenvalue weighted by atomic mass is 9.48. The van der Waals surface area contributed by atoms with E-state index in [0.29, 0.717) is 5.41 Å². The number of fused-ring (bicyclic) bond motifs is 5. The predicted molar refractivity (Wildman–Crippen MR) is 144 cm³/mol. The third-order valence-electron chi connectivity index (χ3n) is 10.4. The zero-order valence-corrected chi connectivity index (χ0v) is 20.6. The first-order chi connectivity index (χ1) is 17.1. The van der Waals surface area contributed by atoms with Gasteiger partial charge in [0.2, 0.25) is 5.52 Å². The lowest BCUT2D eigenvalue weighted by Gasteiger charge is -2.57. The quantitative estimate of drug-likeness (QED) is 0.137. The van der Waals surface area contributed by atoms with Crippen LogP contribution in [0.1, 0.15) is 49.7 Å². The first kappa shape index (κ1) is 19.1. The van der Waals surface area contributed by atoms with Crippen molar-refractivity contribution in [2.75, 3.05) is 0 Å². The van der Waals surface area contributed by atoms with Gasteiger partial charge in [0.1, 0.15) is 7.05 Å². The van der Waals surface area contributed by atoms with Crippen molar-refractivity contribution in [2.24, 2.45) is 24.8 Å². The van der Waals surface area contributed by atoms with E-state index in [1.54, 1.807) is 5.56 Å². The minimum atomic E-state index is 0.395. The van der Waals surface area contributed by atoms with Gasteiger partial charge >= 0.3 is 0 Å². The Morgan fingerprint density at radius 3 is 2.31 bits per heavy atom. The number of pyridine rings is 2. The molecule has 0 atom stereocenters. The van der Waals surface area contributed by atoms with Crippen molar-refractivity contribution in [1.29, 1.82) is 0 Å². The van der Waals surface area contributed by atoms with Gasteiger partial charge in [-0.15, -0.1) is 0 Å². The summed E-state index contributed by atoms with van der Waals surface area (Å²) in [4.78, 5) is 0. The van der Waals surface area contributed by atoms with Gasteiger partial charge in [0.25, 0.3) is 0 Å². The zero-order chi connectivity index (χ0) is 23.1. The van der Waals surface area contributed by atoms with Crippen molar-refractivity contribution in [3.8, 4) is 0 Å². The smallest absolute Gasteiger partial charge is 0.224 e. The van der Waals surface area contributed by atoms with Crippen molar-refractivity contribution in [3.05, 3.63) is 71.9 Å². The molecule has 3 aromatic carbocycles. The van der Waals surface area contributed by atoms with Crippen LogP contribution < -0.4 is 4.57 Å². The number of rotatable bonds is 1. The molecule has 35 heavy (non-hydrogen) atoms. The number of aromatic nitrogens is 2. The lowest BCUT2D eigenvalue weighted by Crippen LogP contribution is -2.48. The Hall–Kier alpha value is -3.13. The molecule has 6 aromatic rings. The Labute approximate surface area is 205 Å². The van der Waals surface area contributed by atoms with E-state index in [1.807, 2.05) is 0 Å². The normalized spacial score (nSPS) is 28.0. The number of hydrogen-bond donors (Lipinski definition) is 0. The van der Waals surface area contributed by atoms with E-state index in [1.165, 1.54) is 93.1 Å². The second kappa shape index (κ2) is 6.16. The SMILES string of the molecule is Cc1ccc2c3ccccc3n3c4cc(C56CC7CC(CC(C7)C5)C6)cc5cc[n+](C)c(c1c23)c54. The molecule has 2 heteroatoms. The molecule has 0 saturated heterocycles. The van der Waals surface area contributed by atoms with Crippen LogP contribution in [0.4, 0.5) is 0 Å². The number of benzene rings is 3. The van der Waals surface area contributed by atoms with Crippen molar-refractivity contribution in [2.45, 2.75) is 50.9 Å². The average Bonchev–Trinajstić information content (AvgIpc) is 3.18. The Bertz CT molecular complexity index is 1820. The Balaban J connectivity index is 1.50. The molecule has 2 nitrogen and oxygen atoms in total. The van der Waals surface area contributed by atoms with Gasteiger partial charge in [-0.3, -0.25) is 0 Å². The molecule has 10 rings (SSSR count). The van der Waals surface area contributed by atoms with E-state index in [2.05, 4.69) is 83.7 Å². The minimum absolute atomic E-state index is 0.395. The molecule has 4 aliphatic rings. The van der Waals surface area contributed by atoms with Gasteiger partial charge in [0, 0.05) is 16.8 Å². The third-order valence-corrected chi connectivity index (χ3v) is 10.4. The van der Waals surface area contributed by atoms with Crippen molar-refractivity contribution in [3.63, 3.8) is 0 Å². The molecule has 172 valence electrons. The summed E-state index contributed by atoms with van der Waals surface area (Å²) in [7, 11) is 2.22. The monoisotopic (exact) mass is 455 g/mol. The van der Waals surface area contributed by atoms with Crippen LogP contribution in [0.15, 0.2) is 60.8 Å². The van der Waals surface area contributed by atoms with Gasteiger partial charge in [-0.2, -0.15) is 0 Å². The molecule has 4 bridgehead atoms. The fourth-order valence-electron chi connectivity index (χ4n) is 9.44. The molecule has 4 fully saturated rings. The maximum Gasteiger partial charge on any atom is 0.224 e. The first-order valence-corrected chi connectivity index (χ1v) is 13.6. The van der Waals surface area contributed by atoms with E-state index in [4.69, 9.17) is 0 Å². The number of para-hydroxylation sites is 1. The van der Waals surface area contributed by atoms with E-state index >= 15 is 0 Å². The van der Waals surface area contributed by atoms with Gasteiger partial charge in [0.15, 0.2) is 6.20 Å². The summed E-state index contributed by atoms with van der Waals surface area (Å²) in [5, 5.41) is 6.99. The Morgan fingerprint density at radius 2 is 1.54 bits per heavy atom. The van der Waals surface area contributed by atoms with E-state index in [0.717, 1.165) is 17.8 Å². The van der Waals surface area contributed by atoms with Crippen LogP contribution in [-0.2, 0) is 12.5 Å². The molecule has 0 amide bonds. The Kier molecular flexibility index (Phi) is 3.36. The topological polar surface area (TPSA) is 8.29 Å². The Morgan fingerprint density at radius 1 is 0.800 bits per heavy atom. The van der Waals surface area contributed by atoms with Crippen LogP contribution in [0, 0.1) is 24.7 Å². The maximum absolute atomic E-state index is 2.64. The summed E-state index contributed by atoms with van der Waals surface area (Å²) in [6, 6.07) is 21.3. The van der Waals surface area contributed by atoms with E-state index in [9.17, 15) is 0 Å². The number of hydrogen-bond acceptors (Lipinski definition) is 0. The molecule has 4 aliphatic carbocycles. The molecule has 0 spiro atoms. The van der Waals surface area contributed by atoms with Crippen LogP contribution in [0.25, 0.3) is 49.0 Å². The lowest BCUT2D eigenvalue weighted by molar-refractivity contribution is -0.643. The largest absolute Gasteiger partial charge is 0.307 e. The highest BCUT2D eigenvalue weighted by atomic mass is 15.0. The van der Waals surface area contributed by atoms with Crippen LogP contribution in [0.3, 0.4) is 0 Å². The highest BCUT2D eigenvalue weighted by molar-refractivity contribution is 6.25. The van der Waals surface area contributed by atoms with E-state index in [-0.39, 0.29) is 0 Å². The van der Waals surface area contributed by atoms with Gasteiger partial charge in [-0.25, -0.2) is 4.57 Å². The number of aryl methyl sites for hydroxylation is 2. The van der Waals surface area contributed by atoms with Crippen molar-refractivity contribution in [1.82, 2.24) is 4.40 Å². The predicted octanol–water partition coefficient (Wildman–Crippen LogP) is 7.59. The van der Waals surface area contributed by atoms with Crippen molar-refractivity contribution >= 4 is 49.0 Å². The molecule has 0 unspecified atom stereocenters. The van der Waals surface area contributed by atoms with Gasteiger partial charge in [-0.1, -0.05) is 30.3 Å². The highest BCUT2D eigenvalue weighted by Gasteiger charge is 2.51. The van der Waals surface area contributed by atoms with Crippen LogP contribution in [-0.4, -0.2) is 4.40 Å². The fourth-order valence-corrected chi connectivity index (χ4v) is 9.44. The fraction of sp³-hybridized carbons (Fsp3) is 0.364. The number of nitrogens with zero attached hydrogens (tertiary/aromatic N) is 2. The van der Waals surface area contributed by atoms with Gasteiger partial charge in [-0.05, 0) is 103 Å². The minimum Gasteiger partial charge on any atom is -0.307 e. The zero-order valence-electron chi connectivity index (χ0n) is 20.6. The van der Waals surface area contributed by atoms with Crippen LogP contribution in [0.5, 0.6) is 0 Å².